The summed E-state index contributed by atoms with van der Waals surface area (Å²) in [6.07, 6.45) is 3.30. The summed E-state index contributed by atoms with van der Waals surface area (Å²) in [4.78, 5) is 26.8. The zero-order chi connectivity index (χ0) is 22.1. The van der Waals surface area contributed by atoms with Crippen molar-refractivity contribution in [2.24, 2.45) is 0 Å². The minimum absolute atomic E-state index is 0.0526. The molecule has 1 saturated heterocycles. The molecule has 3 rings (SSSR count). The van der Waals surface area contributed by atoms with E-state index in [1.165, 1.54) is 6.42 Å². The number of carbonyl (C=O) groups excluding carboxylic acids is 2. The fraction of sp³-hybridized carbons (Fsp3) is 0.348. The van der Waals surface area contributed by atoms with Crippen LogP contribution < -0.4 is 15.4 Å². The van der Waals surface area contributed by atoms with Crippen LogP contribution in [0.3, 0.4) is 0 Å². The number of amides is 2. The number of likely N-dealkylation sites (tertiary alicyclic amines) is 1. The van der Waals surface area contributed by atoms with Crippen LogP contribution >= 0.6 is 12.2 Å². The van der Waals surface area contributed by atoms with Gasteiger partial charge in [-0.05, 0) is 80.0 Å². The minimum atomic E-state index is -0.321. The molecular formula is C23H27N3O4S. The zero-order valence-corrected chi connectivity index (χ0v) is 18.4. The van der Waals surface area contributed by atoms with Gasteiger partial charge in [0.25, 0.3) is 11.8 Å². The summed E-state index contributed by atoms with van der Waals surface area (Å²) in [7, 11) is 1.61. The third kappa shape index (κ3) is 6.77. The van der Waals surface area contributed by atoms with Crippen molar-refractivity contribution in [3.05, 3.63) is 59.7 Å². The Bertz CT molecular complexity index is 894. The fourth-order valence-electron chi connectivity index (χ4n) is 3.26. The van der Waals surface area contributed by atoms with Gasteiger partial charge < -0.3 is 19.7 Å². The second-order valence-corrected chi connectivity index (χ2v) is 7.61. The minimum Gasteiger partial charge on any atom is -0.491 e. The van der Waals surface area contributed by atoms with Gasteiger partial charge in [-0.25, -0.2) is 0 Å². The Labute approximate surface area is 187 Å². The molecule has 8 heteroatoms. The summed E-state index contributed by atoms with van der Waals surface area (Å²) in [5, 5.41) is 5.80. The predicted molar refractivity (Wildman–Crippen MR) is 124 cm³/mol. The smallest absolute Gasteiger partial charge is 0.257 e. The molecule has 0 saturated carbocycles. The molecule has 31 heavy (non-hydrogen) atoms. The van der Waals surface area contributed by atoms with Crippen molar-refractivity contribution < 1.29 is 19.1 Å². The van der Waals surface area contributed by atoms with Gasteiger partial charge in [-0.3, -0.25) is 14.9 Å². The van der Waals surface area contributed by atoms with Crippen molar-refractivity contribution in [3.8, 4) is 5.75 Å². The van der Waals surface area contributed by atoms with Crippen LogP contribution in [0.4, 0.5) is 5.69 Å². The standard InChI is InChI=1S/C23H27N3O4S/c1-29-15-16-30-20-11-7-17(8-12-20)21(27)25-23(31)24-19-9-5-18(6-10-19)22(28)26-13-3-2-4-14-26/h5-12H,2-4,13-16H2,1H3,(H2,24,25,27,31). The Morgan fingerprint density at radius 1 is 0.935 bits per heavy atom. The average molecular weight is 442 g/mol. The van der Waals surface area contributed by atoms with Crippen LogP contribution in [0.25, 0.3) is 0 Å². The molecular weight excluding hydrogens is 414 g/mol. The van der Waals surface area contributed by atoms with Gasteiger partial charge in [0.05, 0.1) is 6.61 Å². The van der Waals surface area contributed by atoms with E-state index >= 15 is 0 Å². The quantitative estimate of drug-likeness (QED) is 0.506. The third-order valence-corrected chi connectivity index (χ3v) is 5.14. The zero-order valence-electron chi connectivity index (χ0n) is 17.6. The number of benzene rings is 2. The molecule has 2 aromatic rings. The van der Waals surface area contributed by atoms with Gasteiger partial charge in [0.2, 0.25) is 0 Å². The molecule has 2 N–H and O–H groups in total. The van der Waals surface area contributed by atoms with Gasteiger partial charge in [-0.15, -0.1) is 0 Å². The van der Waals surface area contributed by atoms with Gasteiger partial charge in [-0.2, -0.15) is 0 Å². The molecule has 2 aromatic carbocycles. The Kier molecular flexibility index (Phi) is 8.37. The Morgan fingerprint density at radius 3 is 2.23 bits per heavy atom. The molecule has 7 nitrogen and oxygen atoms in total. The molecule has 0 aromatic heterocycles. The van der Waals surface area contributed by atoms with E-state index in [4.69, 9.17) is 21.7 Å². The van der Waals surface area contributed by atoms with Gasteiger partial charge in [0.15, 0.2) is 5.11 Å². The number of anilines is 1. The maximum absolute atomic E-state index is 12.5. The summed E-state index contributed by atoms with van der Waals surface area (Å²) in [5.41, 5.74) is 1.81. The fourth-order valence-corrected chi connectivity index (χ4v) is 3.47. The van der Waals surface area contributed by atoms with Crippen LogP contribution in [-0.2, 0) is 4.74 Å². The topological polar surface area (TPSA) is 79.9 Å². The molecule has 2 amide bonds. The number of methoxy groups -OCH3 is 1. The van der Waals surface area contributed by atoms with Crippen molar-refractivity contribution in [1.82, 2.24) is 10.2 Å². The first kappa shape index (κ1) is 22.7. The summed E-state index contributed by atoms with van der Waals surface area (Å²) in [6.45, 7) is 2.57. The van der Waals surface area contributed by atoms with Crippen molar-refractivity contribution >= 4 is 34.8 Å². The molecule has 0 atom stereocenters. The summed E-state index contributed by atoms with van der Waals surface area (Å²) in [6, 6.07) is 13.9. The average Bonchev–Trinajstić information content (AvgIpc) is 2.80. The van der Waals surface area contributed by atoms with E-state index in [2.05, 4.69) is 10.6 Å². The normalized spacial score (nSPS) is 13.4. The maximum atomic E-state index is 12.5. The molecule has 0 aliphatic carbocycles. The van der Waals surface area contributed by atoms with E-state index in [9.17, 15) is 9.59 Å². The lowest BCUT2D eigenvalue weighted by molar-refractivity contribution is 0.0724. The first-order valence-corrected chi connectivity index (χ1v) is 10.7. The van der Waals surface area contributed by atoms with E-state index in [0.29, 0.717) is 35.8 Å². The lowest BCUT2D eigenvalue weighted by Crippen LogP contribution is -2.35. The van der Waals surface area contributed by atoms with Gasteiger partial charge in [0.1, 0.15) is 12.4 Å². The molecule has 1 aliphatic rings. The van der Waals surface area contributed by atoms with Gasteiger partial charge in [0, 0.05) is 37.0 Å². The second kappa shape index (κ2) is 11.4. The van der Waals surface area contributed by atoms with Crippen LogP contribution in [0.5, 0.6) is 5.75 Å². The molecule has 1 heterocycles. The van der Waals surface area contributed by atoms with Crippen LogP contribution in [0.1, 0.15) is 40.0 Å². The highest BCUT2D eigenvalue weighted by Crippen LogP contribution is 2.16. The summed E-state index contributed by atoms with van der Waals surface area (Å²) >= 11 is 5.24. The third-order valence-electron chi connectivity index (χ3n) is 4.93. The van der Waals surface area contributed by atoms with E-state index in [-0.39, 0.29) is 16.9 Å². The van der Waals surface area contributed by atoms with Crippen molar-refractivity contribution in [1.29, 1.82) is 0 Å². The van der Waals surface area contributed by atoms with E-state index in [1.807, 2.05) is 4.90 Å². The largest absolute Gasteiger partial charge is 0.491 e. The van der Waals surface area contributed by atoms with Crippen LogP contribution in [0.2, 0.25) is 0 Å². The molecule has 0 unspecified atom stereocenters. The lowest BCUT2D eigenvalue weighted by Gasteiger charge is -2.26. The molecule has 0 bridgehead atoms. The number of nitrogens with zero attached hydrogens (tertiary/aromatic N) is 1. The monoisotopic (exact) mass is 441 g/mol. The van der Waals surface area contributed by atoms with Crippen molar-refractivity contribution in [2.45, 2.75) is 19.3 Å². The lowest BCUT2D eigenvalue weighted by atomic mass is 10.1. The second-order valence-electron chi connectivity index (χ2n) is 7.20. The Balaban J connectivity index is 1.49. The van der Waals surface area contributed by atoms with Gasteiger partial charge in [-0.1, -0.05) is 0 Å². The maximum Gasteiger partial charge on any atom is 0.257 e. The number of hydrogen-bond donors (Lipinski definition) is 2. The van der Waals surface area contributed by atoms with Crippen molar-refractivity contribution in [2.75, 3.05) is 38.7 Å². The molecule has 0 radical (unpaired) electrons. The number of nitrogens with one attached hydrogen (secondary N) is 2. The number of carbonyl (C=O) groups is 2. The van der Waals surface area contributed by atoms with Gasteiger partial charge >= 0.3 is 0 Å². The Hall–Kier alpha value is -2.97. The van der Waals surface area contributed by atoms with E-state index in [1.54, 1.807) is 55.6 Å². The predicted octanol–water partition coefficient (Wildman–Crippen LogP) is 3.46. The number of ether oxygens (including phenoxy) is 2. The van der Waals surface area contributed by atoms with Crippen LogP contribution in [0, 0.1) is 0 Å². The first-order valence-electron chi connectivity index (χ1n) is 10.3. The number of hydrogen-bond acceptors (Lipinski definition) is 5. The number of rotatable bonds is 7. The summed E-state index contributed by atoms with van der Waals surface area (Å²) in [5.74, 6) is 0.392. The van der Waals surface area contributed by atoms with E-state index < -0.39 is 0 Å². The van der Waals surface area contributed by atoms with Crippen molar-refractivity contribution in [3.63, 3.8) is 0 Å². The van der Waals surface area contributed by atoms with E-state index in [0.717, 1.165) is 25.9 Å². The highest BCUT2D eigenvalue weighted by atomic mass is 32.1. The highest BCUT2D eigenvalue weighted by molar-refractivity contribution is 7.80. The molecule has 164 valence electrons. The van der Waals surface area contributed by atoms with Crippen LogP contribution in [-0.4, -0.2) is 55.2 Å². The first-order chi connectivity index (χ1) is 15.1. The summed E-state index contributed by atoms with van der Waals surface area (Å²) < 4.78 is 10.4. The van der Waals surface area contributed by atoms with Crippen LogP contribution in [0.15, 0.2) is 48.5 Å². The SMILES string of the molecule is COCCOc1ccc(C(=O)NC(=S)Nc2ccc(C(=O)N3CCCCC3)cc2)cc1. The molecule has 0 spiro atoms. The molecule has 1 fully saturated rings. The molecule has 1 aliphatic heterocycles. The highest BCUT2D eigenvalue weighted by Gasteiger charge is 2.18. The number of piperidine rings is 1. The Morgan fingerprint density at radius 2 is 1.58 bits per heavy atom. The number of thiocarbonyl (C=S) groups is 1.